The third-order valence-electron chi connectivity index (χ3n) is 7.22. The van der Waals surface area contributed by atoms with Crippen LogP contribution in [0.1, 0.15) is 11.4 Å². The normalized spacial score (nSPS) is 12.7. The smallest absolute Gasteiger partial charge is 0.118 e. The first-order valence-electron chi connectivity index (χ1n) is 10.9. The van der Waals surface area contributed by atoms with Crippen molar-refractivity contribution in [1.82, 2.24) is 20.0 Å². The highest BCUT2D eigenvalue weighted by molar-refractivity contribution is 6.26. The zero-order valence-electron chi connectivity index (χ0n) is 17.7. The molecule has 6 aromatic carbocycles. The second-order valence-electron chi connectivity index (χ2n) is 8.92. The van der Waals surface area contributed by atoms with Gasteiger partial charge in [0.2, 0.25) is 0 Å². The highest BCUT2D eigenvalue weighted by Gasteiger charge is 2.20. The Bertz CT molecular complexity index is 1990. The zero-order valence-corrected chi connectivity index (χ0v) is 17.7. The van der Waals surface area contributed by atoms with E-state index in [4.69, 9.17) is 10.2 Å². The van der Waals surface area contributed by atoms with Gasteiger partial charge in [-0.25, -0.2) is 4.68 Å². The van der Waals surface area contributed by atoms with Gasteiger partial charge in [0.05, 0.1) is 16.9 Å². The maximum absolute atomic E-state index is 5.09. The van der Waals surface area contributed by atoms with E-state index in [1.165, 1.54) is 53.9 Å². The van der Waals surface area contributed by atoms with Crippen LogP contribution in [0.25, 0.3) is 70.6 Å². The van der Waals surface area contributed by atoms with Crippen LogP contribution >= 0.6 is 0 Å². The van der Waals surface area contributed by atoms with Crippen molar-refractivity contribution in [3.05, 3.63) is 78.1 Å². The molecule has 0 saturated heterocycles. The zero-order chi connectivity index (χ0) is 21.1. The van der Waals surface area contributed by atoms with Gasteiger partial charge in [0, 0.05) is 27.2 Å². The van der Waals surface area contributed by atoms with Crippen molar-refractivity contribution in [3.8, 4) is 5.69 Å². The Morgan fingerprint density at radius 3 is 2.06 bits per heavy atom. The molecule has 2 aromatic heterocycles. The molecule has 0 aliphatic heterocycles. The number of hydrogen-bond acceptors (Lipinski definition) is 2. The van der Waals surface area contributed by atoms with Crippen molar-refractivity contribution < 1.29 is 0 Å². The Hall–Kier alpha value is -4.18. The van der Waals surface area contributed by atoms with E-state index in [1.54, 1.807) is 0 Å². The van der Waals surface area contributed by atoms with Gasteiger partial charge in [0.25, 0.3) is 0 Å². The van der Waals surface area contributed by atoms with Gasteiger partial charge in [0.1, 0.15) is 5.52 Å². The van der Waals surface area contributed by atoms with E-state index >= 15 is 0 Å². The molecule has 0 fully saturated rings. The minimum Gasteiger partial charge on any atom is -0.282 e. The predicted molar refractivity (Wildman–Crippen MR) is 133 cm³/mol. The topological polar surface area (TPSA) is 46.5 Å². The first-order valence-corrected chi connectivity index (χ1v) is 10.9. The fourth-order valence-electron chi connectivity index (χ4n) is 5.74. The summed E-state index contributed by atoms with van der Waals surface area (Å²) in [6.45, 7) is 4.19. The molecule has 2 heterocycles. The number of nitrogens with one attached hydrogen (secondary N) is 1. The van der Waals surface area contributed by atoms with Crippen LogP contribution in [0.4, 0.5) is 0 Å². The first kappa shape index (κ1) is 16.5. The molecule has 4 nitrogen and oxygen atoms in total. The van der Waals surface area contributed by atoms with Crippen LogP contribution in [-0.2, 0) is 0 Å². The van der Waals surface area contributed by atoms with Crippen molar-refractivity contribution in [1.29, 1.82) is 0 Å². The molecule has 0 amide bonds. The Labute approximate surface area is 182 Å². The Kier molecular flexibility index (Phi) is 2.76. The van der Waals surface area contributed by atoms with Crippen molar-refractivity contribution in [2.24, 2.45) is 0 Å². The summed E-state index contributed by atoms with van der Waals surface area (Å²) in [5.41, 5.74) is 5.17. The standard InChI is InChI=1S/C28H18N4/c1-14-20-10-7-17-5-6-19-13-23(28(30-29-14)27(20)25(17)19)32-22-12-9-18-4-3-16-8-11-21(15(2)31-32)26(22)24(16)18/h3-13,29H,1-2H3. The van der Waals surface area contributed by atoms with Gasteiger partial charge in [-0.15, -0.1) is 0 Å². The maximum atomic E-state index is 5.09. The third-order valence-corrected chi connectivity index (χ3v) is 7.22. The van der Waals surface area contributed by atoms with Gasteiger partial charge < -0.3 is 0 Å². The molecule has 8 rings (SSSR count). The van der Waals surface area contributed by atoms with Crippen molar-refractivity contribution >= 4 is 64.9 Å². The molecule has 0 atom stereocenters. The summed E-state index contributed by atoms with van der Waals surface area (Å²) in [4.78, 5) is 0. The molecule has 0 bridgehead atoms. The van der Waals surface area contributed by atoms with Crippen LogP contribution in [-0.4, -0.2) is 20.0 Å². The highest BCUT2D eigenvalue weighted by atomic mass is 15.3. The lowest BCUT2D eigenvalue weighted by Gasteiger charge is -2.18. The summed E-state index contributed by atoms with van der Waals surface area (Å²) in [6, 6.07) is 24.3. The van der Waals surface area contributed by atoms with Gasteiger partial charge in [-0.3, -0.25) is 5.10 Å². The van der Waals surface area contributed by atoms with E-state index in [2.05, 4.69) is 90.4 Å². The monoisotopic (exact) mass is 410 g/mol. The molecule has 0 aliphatic rings. The summed E-state index contributed by atoms with van der Waals surface area (Å²) < 4.78 is 2.10. The molecule has 4 heteroatoms. The predicted octanol–water partition coefficient (Wildman–Crippen LogP) is 7.01. The number of aromatic nitrogens is 4. The fourth-order valence-corrected chi connectivity index (χ4v) is 5.74. The lowest BCUT2D eigenvalue weighted by Crippen LogP contribution is -2.07. The van der Waals surface area contributed by atoms with E-state index in [0.717, 1.165) is 28.1 Å². The van der Waals surface area contributed by atoms with Crippen molar-refractivity contribution in [2.75, 3.05) is 0 Å². The summed E-state index contributed by atoms with van der Waals surface area (Å²) >= 11 is 0. The second-order valence-corrected chi connectivity index (χ2v) is 8.92. The second kappa shape index (κ2) is 5.35. The first-order chi connectivity index (χ1) is 15.7. The minimum absolute atomic E-state index is 0.955. The largest absolute Gasteiger partial charge is 0.282 e. The van der Waals surface area contributed by atoms with Gasteiger partial charge in [-0.05, 0) is 58.3 Å². The van der Waals surface area contributed by atoms with Crippen molar-refractivity contribution in [2.45, 2.75) is 13.8 Å². The number of rotatable bonds is 1. The molecule has 0 unspecified atom stereocenters. The number of aryl methyl sites for hydroxylation is 2. The third kappa shape index (κ3) is 1.81. The molecule has 0 aliphatic carbocycles. The molecule has 150 valence electrons. The number of hydrogen-bond donors (Lipinski definition) is 1. The molecule has 0 radical (unpaired) electrons. The van der Waals surface area contributed by atoms with E-state index in [9.17, 15) is 0 Å². The van der Waals surface area contributed by atoms with Gasteiger partial charge >= 0.3 is 0 Å². The average molecular weight is 410 g/mol. The van der Waals surface area contributed by atoms with E-state index in [0.29, 0.717) is 0 Å². The van der Waals surface area contributed by atoms with Crippen LogP contribution in [0.2, 0.25) is 0 Å². The number of nitrogens with zero attached hydrogens (tertiary/aromatic N) is 3. The summed E-state index contributed by atoms with van der Waals surface area (Å²) in [5, 5.41) is 25.7. The van der Waals surface area contributed by atoms with Gasteiger partial charge in [-0.1, -0.05) is 54.6 Å². The Balaban J connectivity index is 1.63. The molecular formula is C28H18N4. The Morgan fingerprint density at radius 2 is 1.28 bits per heavy atom. The summed E-state index contributed by atoms with van der Waals surface area (Å²) in [6.07, 6.45) is 0. The quantitative estimate of drug-likeness (QED) is 0.316. The maximum Gasteiger partial charge on any atom is 0.118 e. The number of H-pyrrole nitrogens is 1. The molecule has 8 aromatic rings. The lowest BCUT2D eigenvalue weighted by molar-refractivity contribution is 0.865. The van der Waals surface area contributed by atoms with Gasteiger partial charge in [0.15, 0.2) is 0 Å². The average Bonchev–Trinajstić information content (AvgIpc) is 3.43. The summed E-state index contributed by atoms with van der Waals surface area (Å²) in [5.74, 6) is 0. The molecule has 0 saturated carbocycles. The van der Waals surface area contributed by atoms with E-state index in [-0.39, 0.29) is 0 Å². The van der Waals surface area contributed by atoms with Crippen LogP contribution in [0, 0.1) is 13.8 Å². The Morgan fingerprint density at radius 1 is 0.656 bits per heavy atom. The molecule has 1 N–H and O–H groups in total. The van der Waals surface area contributed by atoms with Crippen LogP contribution in [0.3, 0.4) is 0 Å². The molecule has 0 spiro atoms. The minimum atomic E-state index is 0.955. The van der Waals surface area contributed by atoms with Crippen LogP contribution in [0.15, 0.2) is 66.7 Å². The van der Waals surface area contributed by atoms with E-state index < -0.39 is 0 Å². The van der Waals surface area contributed by atoms with Crippen molar-refractivity contribution in [3.63, 3.8) is 0 Å². The fraction of sp³-hybridized carbons (Fsp3) is 0.0714. The summed E-state index contributed by atoms with van der Waals surface area (Å²) in [7, 11) is 0. The van der Waals surface area contributed by atoms with E-state index in [1.807, 2.05) is 0 Å². The lowest BCUT2D eigenvalue weighted by atomic mass is 9.98. The SMILES string of the molecule is Cc1[nH]nc2c(-n3nc(C)c4ccc5ccc6ccc3c4c56)cc3ccc4ccc1c2c43. The number of benzene rings is 4. The van der Waals surface area contributed by atoms with Crippen LogP contribution in [0.5, 0.6) is 0 Å². The molecule has 32 heavy (non-hydrogen) atoms. The van der Waals surface area contributed by atoms with Gasteiger partial charge in [-0.2, -0.15) is 10.2 Å². The molecular weight excluding hydrogens is 392 g/mol. The highest BCUT2D eigenvalue weighted by Crippen LogP contribution is 2.41. The van der Waals surface area contributed by atoms with Crippen LogP contribution < -0.4 is 0 Å². The number of aromatic amines is 1.